The van der Waals surface area contributed by atoms with Crippen LogP contribution in [0.1, 0.15) is 0 Å². The van der Waals surface area contributed by atoms with Gasteiger partial charge in [-0.3, -0.25) is 14.8 Å². The van der Waals surface area contributed by atoms with Crippen molar-refractivity contribution in [3.63, 3.8) is 0 Å². The minimum Gasteiger partial charge on any atom is -0.468 e. The van der Waals surface area contributed by atoms with Crippen LogP contribution < -0.4 is 15.3 Å². The number of carbonyl (C=O) groups excluding carboxylic acids is 2. The van der Waals surface area contributed by atoms with Crippen molar-refractivity contribution in [2.24, 2.45) is 0 Å². The molecule has 1 aliphatic heterocycles. The number of methoxy groups -OCH3 is 1. The number of aromatic nitrogens is 1. The normalized spacial score (nSPS) is 13.3. The molecule has 1 aliphatic rings. The third kappa shape index (κ3) is 5.50. The smallest absolute Gasteiger partial charge is 0.336 e. The molecule has 0 aliphatic carbocycles. The monoisotopic (exact) mass is 405 g/mol. The number of amides is 2. The molecule has 2 amide bonds. The number of rotatable bonds is 5. The third-order valence-corrected chi connectivity index (χ3v) is 4.41. The maximum Gasteiger partial charge on any atom is 0.336 e. The van der Waals surface area contributed by atoms with Gasteiger partial charge in [-0.15, -0.1) is 12.4 Å². The van der Waals surface area contributed by atoms with E-state index < -0.39 is 5.97 Å². The summed E-state index contributed by atoms with van der Waals surface area (Å²) in [6.07, 6.45) is 3.53. The van der Waals surface area contributed by atoms with Crippen LogP contribution >= 0.6 is 12.4 Å². The molecule has 3 rings (SSSR count). The number of halogens is 1. The number of hydrogen-bond donors (Lipinski definition) is 1. The van der Waals surface area contributed by atoms with Crippen LogP contribution in [-0.2, 0) is 9.53 Å². The Morgan fingerprint density at radius 1 is 1.07 bits per heavy atom. The molecule has 9 heteroatoms. The Labute approximate surface area is 170 Å². The van der Waals surface area contributed by atoms with Gasteiger partial charge >= 0.3 is 12.0 Å². The number of benzene rings is 1. The van der Waals surface area contributed by atoms with Gasteiger partial charge in [0.15, 0.2) is 0 Å². The molecule has 2 heterocycles. The summed E-state index contributed by atoms with van der Waals surface area (Å²) in [6, 6.07) is 12.9. The van der Waals surface area contributed by atoms with Gasteiger partial charge in [0.2, 0.25) is 0 Å². The lowest BCUT2D eigenvalue weighted by Crippen LogP contribution is -2.56. The fourth-order valence-electron chi connectivity index (χ4n) is 2.91. The molecule has 0 unspecified atom stereocenters. The number of piperazine rings is 1. The number of hydrazine groups is 1. The average molecular weight is 406 g/mol. The Balaban J connectivity index is 0.00000280. The standard InChI is InChI=1S/C19H23N5O3.ClH/c1-27-18(25)15-24(17-5-3-2-4-6-17)21-19(26)23-13-11-22(12-14-23)16-7-9-20-10-8-16;/h2-10H,11-15H2,1H3,(H,21,26);1H. The van der Waals surface area contributed by atoms with Crippen LogP contribution in [0.2, 0.25) is 0 Å². The van der Waals surface area contributed by atoms with Crippen LogP contribution in [0.4, 0.5) is 16.2 Å². The molecule has 1 aromatic heterocycles. The van der Waals surface area contributed by atoms with E-state index in [9.17, 15) is 9.59 Å². The van der Waals surface area contributed by atoms with Crippen molar-refractivity contribution in [2.45, 2.75) is 0 Å². The summed E-state index contributed by atoms with van der Waals surface area (Å²) in [5, 5.41) is 1.50. The maximum atomic E-state index is 12.7. The van der Waals surface area contributed by atoms with Crippen LogP contribution in [0.25, 0.3) is 0 Å². The SMILES string of the molecule is COC(=O)CN(NC(=O)N1CCN(c2ccncc2)CC1)c1ccccc1.Cl. The van der Waals surface area contributed by atoms with Crippen LogP contribution in [-0.4, -0.2) is 61.7 Å². The number of urea groups is 1. The summed E-state index contributed by atoms with van der Waals surface area (Å²) >= 11 is 0. The van der Waals surface area contributed by atoms with E-state index in [-0.39, 0.29) is 25.0 Å². The number of para-hydroxylation sites is 1. The van der Waals surface area contributed by atoms with Crippen molar-refractivity contribution in [2.75, 3.05) is 49.7 Å². The van der Waals surface area contributed by atoms with Crippen molar-refractivity contribution in [1.82, 2.24) is 15.3 Å². The molecule has 1 N–H and O–H groups in total. The summed E-state index contributed by atoms with van der Waals surface area (Å²) < 4.78 is 4.74. The maximum absolute atomic E-state index is 12.7. The first kappa shape index (κ1) is 21.3. The molecule has 150 valence electrons. The van der Waals surface area contributed by atoms with Gasteiger partial charge in [0, 0.05) is 44.3 Å². The van der Waals surface area contributed by atoms with Crippen molar-refractivity contribution in [3.8, 4) is 0 Å². The van der Waals surface area contributed by atoms with E-state index in [2.05, 4.69) is 15.3 Å². The molecule has 0 atom stereocenters. The zero-order valence-electron chi connectivity index (χ0n) is 15.7. The van der Waals surface area contributed by atoms with Crippen LogP contribution in [0.5, 0.6) is 0 Å². The molecule has 1 fully saturated rings. The number of nitrogens with one attached hydrogen (secondary N) is 1. The highest BCUT2D eigenvalue weighted by Gasteiger charge is 2.23. The lowest BCUT2D eigenvalue weighted by molar-refractivity contribution is -0.139. The quantitative estimate of drug-likeness (QED) is 0.605. The molecular weight excluding hydrogens is 382 g/mol. The van der Waals surface area contributed by atoms with Gasteiger partial charge < -0.3 is 14.5 Å². The molecule has 2 aromatic rings. The van der Waals surface area contributed by atoms with E-state index in [1.807, 2.05) is 42.5 Å². The first-order chi connectivity index (χ1) is 13.2. The number of hydrogen-bond acceptors (Lipinski definition) is 6. The molecule has 0 bridgehead atoms. The Hall–Kier alpha value is -3.00. The summed E-state index contributed by atoms with van der Waals surface area (Å²) in [5.41, 5.74) is 4.63. The van der Waals surface area contributed by atoms with Crippen molar-refractivity contribution < 1.29 is 14.3 Å². The minimum atomic E-state index is -0.429. The van der Waals surface area contributed by atoms with Gasteiger partial charge in [0.1, 0.15) is 6.54 Å². The number of esters is 1. The van der Waals surface area contributed by atoms with Gasteiger partial charge in [0.05, 0.1) is 12.8 Å². The van der Waals surface area contributed by atoms with E-state index in [1.165, 1.54) is 12.1 Å². The average Bonchev–Trinajstić information content (AvgIpc) is 2.74. The number of ether oxygens (including phenoxy) is 1. The number of carbonyl (C=O) groups is 2. The highest BCUT2D eigenvalue weighted by Crippen LogP contribution is 2.15. The summed E-state index contributed by atoms with van der Waals surface area (Å²) in [4.78, 5) is 32.4. The number of pyridine rings is 1. The Morgan fingerprint density at radius 3 is 2.32 bits per heavy atom. The number of nitrogens with zero attached hydrogens (tertiary/aromatic N) is 4. The van der Waals surface area contributed by atoms with Crippen LogP contribution in [0.15, 0.2) is 54.9 Å². The van der Waals surface area contributed by atoms with Crippen molar-refractivity contribution in [3.05, 3.63) is 54.9 Å². The van der Waals surface area contributed by atoms with E-state index in [1.54, 1.807) is 17.3 Å². The van der Waals surface area contributed by atoms with Crippen molar-refractivity contribution >= 4 is 35.8 Å². The molecule has 0 radical (unpaired) electrons. The predicted octanol–water partition coefficient (Wildman–Crippen LogP) is 1.93. The second-order valence-electron chi connectivity index (χ2n) is 6.09. The highest BCUT2D eigenvalue weighted by molar-refractivity contribution is 5.85. The van der Waals surface area contributed by atoms with Crippen LogP contribution in [0.3, 0.4) is 0 Å². The van der Waals surface area contributed by atoms with E-state index in [0.717, 1.165) is 18.8 Å². The molecule has 0 spiro atoms. The van der Waals surface area contributed by atoms with Gasteiger partial charge in [-0.05, 0) is 24.3 Å². The predicted molar refractivity (Wildman–Crippen MR) is 110 cm³/mol. The highest BCUT2D eigenvalue weighted by atomic mass is 35.5. The van der Waals surface area contributed by atoms with Crippen molar-refractivity contribution in [1.29, 1.82) is 0 Å². The fraction of sp³-hybridized carbons (Fsp3) is 0.316. The zero-order chi connectivity index (χ0) is 19.1. The molecule has 28 heavy (non-hydrogen) atoms. The first-order valence-corrected chi connectivity index (χ1v) is 8.77. The Kier molecular flexibility index (Phi) is 7.88. The molecular formula is C19H24ClN5O3. The van der Waals surface area contributed by atoms with Crippen LogP contribution in [0, 0.1) is 0 Å². The summed E-state index contributed by atoms with van der Waals surface area (Å²) in [5.74, 6) is -0.429. The largest absolute Gasteiger partial charge is 0.468 e. The zero-order valence-corrected chi connectivity index (χ0v) is 16.5. The van der Waals surface area contributed by atoms with Gasteiger partial charge in [-0.1, -0.05) is 18.2 Å². The second-order valence-corrected chi connectivity index (χ2v) is 6.09. The summed E-state index contributed by atoms with van der Waals surface area (Å²) in [6.45, 7) is 2.59. The fourth-order valence-corrected chi connectivity index (χ4v) is 2.91. The second kappa shape index (κ2) is 10.4. The minimum absolute atomic E-state index is 0. The topological polar surface area (TPSA) is 78.0 Å². The molecule has 1 saturated heterocycles. The van der Waals surface area contributed by atoms with Gasteiger partial charge in [0.25, 0.3) is 0 Å². The molecule has 1 aromatic carbocycles. The Morgan fingerprint density at radius 2 is 1.71 bits per heavy atom. The third-order valence-electron chi connectivity index (χ3n) is 4.41. The van der Waals surface area contributed by atoms with Gasteiger partial charge in [-0.25, -0.2) is 10.2 Å². The van der Waals surface area contributed by atoms with E-state index in [0.29, 0.717) is 18.8 Å². The van der Waals surface area contributed by atoms with E-state index in [4.69, 9.17) is 4.74 Å². The Bertz CT molecular complexity index is 755. The molecule has 8 nitrogen and oxygen atoms in total. The van der Waals surface area contributed by atoms with Gasteiger partial charge in [-0.2, -0.15) is 0 Å². The lowest BCUT2D eigenvalue weighted by atomic mass is 10.3. The summed E-state index contributed by atoms with van der Waals surface area (Å²) in [7, 11) is 1.33. The molecule has 0 saturated carbocycles. The van der Waals surface area contributed by atoms with E-state index >= 15 is 0 Å². The first-order valence-electron chi connectivity index (χ1n) is 8.77. The number of anilines is 2. The lowest BCUT2D eigenvalue weighted by Gasteiger charge is -2.37.